The zero-order valence-corrected chi connectivity index (χ0v) is 11.2. The monoisotopic (exact) mass is 274 g/mol. The zero-order chi connectivity index (χ0) is 14.2. The lowest BCUT2D eigenvalue weighted by Crippen LogP contribution is -2.36. The molecule has 0 saturated carbocycles. The van der Waals surface area contributed by atoms with Crippen molar-refractivity contribution in [3.8, 4) is 0 Å². The van der Waals surface area contributed by atoms with Crippen LogP contribution in [0.3, 0.4) is 0 Å². The van der Waals surface area contributed by atoms with Gasteiger partial charge in [-0.2, -0.15) is 0 Å². The van der Waals surface area contributed by atoms with Gasteiger partial charge in [0.05, 0.1) is 32.2 Å². The Bertz CT molecular complexity index is 481. The second-order valence-electron chi connectivity index (χ2n) is 4.40. The highest BCUT2D eigenvalue weighted by molar-refractivity contribution is 5.78. The number of carbonyl (C=O) groups excluding carboxylic acids is 1. The third-order valence-corrected chi connectivity index (χ3v) is 2.73. The molecule has 0 aliphatic rings. The number of carbonyl (C=O) groups is 1. The van der Waals surface area contributed by atoms with E-state index < -0.39 is 0 Å². The molecule has 0 spiro atoms. The van der Waals surface area contributed by atoms with Crippen LogP contribution >= 0.6 is 0 Å². The molecule has 0 aliphatic heterocycles. The summed E-state index contributed by atoms with van der Waals surface area (Å²) in [7, 11) is 0. The first-order valence-corrected chi connectivity index (χ1v) is 6.42. The van der Waals surface area contributed by atoms with Gasteiger partial charge >= 0.3 is 0 Å². The fourth-order valence-electron chi connectivity index (χ4n) is 1.86. The lowest BCUT2D eigenvalue weighted by Gasteiger charge is -2.19. The molecule has 0 bridgehead atoms. The van der Waals surface area contributed by atoms with Crippen LogP contribution < -0.4 is 5.32 Å². The summed E-state index contributed by atoms with van der Waals surface area (Å²) in [6, 6.07) is 7.43. The quantitative estimate of drug-likeness (QED) is 0.750. The fourth-order valence-corrected chi connectivity index (χ4v) is 1.86. The van der Waals surface area contributed by atoms with E-state index in [1.54, 1.807) is 18.6 Å². The predicted molar refractivity (Wildman–Crippen MR) is 74.7 cm³/mol. The maximum atomic E-state index is 11.8. The summed E-state index contributed by atoms with van der Waals surface area (Å²) >= 11 is 0. The van der Waals surface area contributed by atoms with Crippen molar-refractivity contribution in [2.45, 2.75) is 13.1 Å². The summed E-state index contributed by atoms with van der Waals surface area (Å²) in [6.45, 7) is 5.42. The van der Waals surface area contributed by atoms with E-state index in [0.717, 1.165) is 11.5 Å². The molecule has 0 aliphatic carbocycles. The van der Waals surface area contributed by atoms with Crippen molar-refractivity contribution in [1.82, 2.24) is 10.2 Å². The van der Waals surface area contributed by atoms with Gasteiger partial charge in [-0.1, -0.05) is 6.08 Å². The van der Waals surface area contributed by atoms with Crippen LogP contribution in [0.25, 0.3) is 0 Å². The highest BCUT2D eigenvalue weighted by Gasteiger charge is 2.14. The van der Waals surface area contributed by atoms with Gasteiger partial charge in [-0.25, -0.2) is 0 Å². The molecule has 0 unspecified atom stereocenters. The van der Waals surface area contributed by atoms with Crippen LogP contribution in [0.4, 0.5) is 0 Å². The largest absolute Gasteiger partial charge is 0.468 e. The molecular weight excluding hydrogens is 256 g/mol. The Morgan fingerprint density at radius 1 is 1.20 bits per heavy atom. The van der Waals surface area contributed by atoms with E-state index in [0.29, 0.717) is 19.6 Å². The zero-order valence-electron chi connectivity index (χ0n) is 11.2. The molecule has 106 valence electrons. The Kier molecular flexibility index (Phi) is 5.20. The summed E-state index contributed by atoms with van der Waals surface area (Å²) in [5, 5.41) is 2.76. The van der Waals surface area contributed by atoms with Gasteiger partial charge in [-0.15, -0.1) is 6.58 Å². The summed E-state index contributed by atoms with van der Waals surface area (Å²) in [5.41, 5.74) is 0. The van der Waals surface area contributed by atoms with Crippen molar-refractivity contribution in [3.63, 3.8) is 0 Å². The van der Waals surface area contributed by atoms with Crippen molar-refractivity contribution in [2.75, 3.05) is 13.1 Å². The predicted octanol–water partition coefficient (Wildman–Crippen LogP) is 2.18. The summed E-state index contributed by atoms with van der Waals surface area (Å²) in [6.07, 6.45) is 4.90. The van der Waals surface area contributed by atoms with Gasteiger partial charge in [-0.05, 0) is 24.3 Å². The van der Waals surface area contributed by atoms with Gasteiger partial charge in [0.15, 0.2) is 0 Å². The maximum Gasteiger partial charge on any atom is 0.234 e. The normalized spacial score (nSPS) is 10.7. The first-order chi connectivity index (χ1) is 9.78. The number of hydrogen-bond donors (Lipinski definition) is 1. The highest BCUT2D eigenvalue weighted by atomic mass is 16.3. The van der Waals surface area contributed by atoms with Crippen molar-refractivity contribution in [3.05, 3.63) is 61.0 Å². The van der Waals surface area contributed by atoms with E-state index in [2.05, 4.69) is 11.9 Å². The van der Waals surface area contributed by atoms with E-state index in [9.17, 15) is 4.79 Å². The summed E-state index contributed by atoms with van der Waals surface area (Å²) in [5.74, 6) is 1.57. The lowest BCUT2D eigenvalue weighted by molar-refractivity contribution is -0.122. The molecule has 0 fully saturated rings. The Hall–Kier alpha value is -2.27. The van der Waals surface area contributed by atoms with Gasteiger partial charge < -0.3 is 14.2 Å². The van der Waals surface area contributed by atoms with Gasteiger partial charge in [0.1, 0.15) is 11.5 Å². The average molecular weight is 274 g/mol. The Balaban J connectivity index is 1.95. The van der Waals surface area contributed by atoms with Crippen LogP contribution in [0.2, 0.25) is 0 Å². The molecule has 0 saturated heterocycles. The van der Waals surface area contributed by atoms with Gasteiger partial charge in [0, 0.05) is 6.54 Å². The molecule has 5 heteroatoms. The van der Waals surface area contributed by atoms with Gasteiger partial charge in [-0.3, -0.25) is 9.69 Å². The molecule has 0 aromatic carbocycles. The molecule has 5 nitrogen and oxygen atoms in total. The smallest absolute Gasteiger partial charge is 0.234 e. The van der Waals surface area contributed by atoms with Gasteiger partial charge in [0.25, 0.3) is 0 Å². The number of nitrogens with one attached hydrogen (secondary N) is 1. The fraction of sp³-hybridized carbons (Fsp3) is 0.267. The van der Waals surface area contributed by atoms with Gasteiger partial charge in [0.2, 0.25) is 5.91 Å². The standard InChI is InChI=1S/C15H18N2O3/c1-2-7-16-15(18)12-17(10-13-5-3-8-19-13)11-14-6-4-9-20-14/h2-6,8-9H,1,7,10-12H2,(H,16,18). The van der Waals surface area contributed by atoms with Crippen LogP contribution in [0.5, 0.6) is 0 Å². The molecule has 20 heavy (non-hydrogen) atoms. The summed E-state index contributed by atoms with van der Waals surface area (Å²) in [4.78, 5) is 13.8. The molecule has 2 aromatic rings. The average Bonchev–Trinajstić information content (AvgIpc) is 3.09. The minimum Gasteiger partial charge on any atom is -0.468 e. The van der Waals surface area contributed by atoms with E-state index in [1.165, 1.54) is 0 Å². The third kappa shape index (κ3) is 4.44. The molecule has 1 N–H and O–H groups in total. The minimum absolute atomic E-state index is 0.0528. The molecule has 2 heterocycles. The molecule has 0 atom stereocenters. The number of hydrogen-bond acceptors (Lipinski definition) is 4. The van der Waals surface area contributed by atoms with Crippen molar-refractivity contribution in [1.29, 1.82) is 0 Å². The van der Waals surface area contributed by atoms with E-state index in [4.69, 9.17) is 8.83 Å². The van der Waals surface area contributed by atoms with Crippen molar-refractivity contribution in [2.24, 2.45) is 0 Å². The molecule has 1 amide bonds. The van der Waals surface area contributed by atoms with Crippen molar-refractivity contribution >= 4 is 5.91 Å². The molecule has 2 rings (SSSR count). The number of rotatable bonds is 8. The number of amides is 1. The Labute approximate surface area is 117 Å². The van der Waals surface area contributed by atoms with Crippen LogP contribution in [0.1, 0.15) is 11.5 Å². The minimum atomic E-state index is -0.0528. The van der Waals surface area contributed by atoms with E-state index in [1.807, 2.05) is 29.2 Å². The molecular formula is C15H18N2O3. The second-order valence-corrected chi connectivity index (χ2v) is 4.40. The van der Waals surface area contributed by atoms with Crippen LogP contribution in [-0.2, 0) is 17.9 Å². The Morgan fingerprint density at radius 2 is 1.80 bits per heavy atom. The summed E-state index contributed by atoms with van der Waals surface area (Å²) < 4.78 is 10.7. The van der Waals surface area contributed by atoms with Crippen LogP contribution in [0.15, 0.2) is 58.3 Å². The SMILES string of the molecule is C=CCNC(=O)CN(Cc1ccco1)Cc1ccco1. The lowest BCUT2D eigenvalue weighted by atomic mass is 10.3. The first kappa shape index (κ1) is 14.1. The topological polar surface area (TPSA) is 58.6 Å². The van der Waals surface area contributed by atoms with E-state index in [-0.39, 0.29) is 12.5 Å². The highest BCUT2D eigenvalue weighted by Crippen LogP contribution is 2.10. The van der Waals surface area contributed by atoms with E-state index >= 15 is 0 Å². The first-order valence-electron chi connectivity index (χ1n) is 6.42. The van der Waals surface area contributed by atoms with Crippen LogP contribution in [0, 0.1) is 0 Å². The second kappa shape index (κ2) is 7.35. The third-order valence-electron chi connectivity index (χ3n) is 2.73. The molecule has 0 radical (unpaired) electrons. The molecule has 2 aromatic heterocycles. The Morgan fingerprint density at radius 3 is 2.25 bits per heavy atom. The van der Waals surface area contributed by atoms with Crippen LogP contribution in [-0.4, -0.2) is 23.9 Å². The maximum absolute atomic E-state index is 11.8. The number of nitrogens with zero attached hydrogens (tertiary/aromatic N) is 1. The number of furan rings is 2. The van der Waals surface area contributed by atoms with Crippen molar-refractivity contribution < 1.29 is 13.6 Å².